The summed E-state index contributed by atoms with van der Waals surface area (Å²) >= 11 is 5.89. The van der Waals surface area contributed by atoms with Crippen molar-refractivity contribution in [2.75, 3.05) is 6.54 Å². The summed E-state index contributed by atoms with van der Waals surface area (Å²) in [6.07, 6.45) is 4.35. The third-order valence-corrected chi connectivity index (χ3v) is 5.24. The van der Waals surface area contributed by atoms with E-state index in [2.05, 4.69) is 26.1 Å². The maximum absolute atomic E-state index is 12.6. The first kappa shape index (κ1) is 17.3. The average molecular weight is 322 g/mol. The highest BCUT2D eigenvalue weighted by molar-refractivity contribution is 6.30. The Morgan fingerprint density at radius 2 is 1.95 bits per heavy atom. The zero-order valence-electron chi connectivity index (χ0n) is 13.9. The Labute approximate surface area is 139 Å². The van der Waals surface area contributed by atoms with Crippen LogP contribution in [0.2, 0.25) is 5.02 Å². The van der Waals surface area contributed by atoms with Gasteiger partial charge in [0, 0.05) is 17.5 Å². The first-order valence-corrected chi connectivity index (χ1v) is 8.87. The molecule has 1 aromatic rings. The van der Waals surface area contributed by atoms with Crippen LogP contribution in [0, 0.1) is 23.7 Å². The Balaban J connectivity index is 1.85. The molecule has 1 amide bonds. The second-order valence-corrected chi connectivity index (χ2v) is 7.54. The molecule has 0 aromatic heterocycles. The molecule has 1 saturated carbocycles. The Bertz CT molecular complexity index is 483. The summed E-state index contributed by atoms with van der Waals surface area (Å²) in [6.45, 7) is 7.46. The van der Waals surface area contributed by atoms with Gasteiger partial charge < -0.3 is 5.32 Å². The zero-order valence-corrected chi connectivity index (χ0v) is 14.7. The van der Waals surface area contributed by atoms with Gasteiger partial charge in [0.05, 0.1) is 0 Å². The van der Waals surface area contributed by atoms with Crippen LogP contribution < -0.4 is 5.32 Å². The SMILES string of the molecule is CC(C)[C@@H]1CC[C@@H](C)C[C@H]1C(=O)NCCc1ccc(Cl)cc1. The number of amides is 1. The lowest BCUT2D eigenvalue weighted by Gasteiger charge is -2.36. The topological polar surface area (TPSA) is 29.1 Å². The third kappa shape index (κ3) is 4.74. The van der Waals surface area contributed by atoms with Crippen LogP contribution in [0.15, 0.2) is 24.3 Å². The number of carbonyl (C=O) groups is 1. The smallest absolute Gasteiger partial charge is 0.223 e. The number of carbonyl (C=O) groups excluding carboxylic acids is 1. The Hall–Kier alpha value is -1.02. The van der Waals surface area contributed by atoms with Crippen molar-refractivity contribution >= 4 is 17.5 Å². The third-order valence-electron chi connectivity index (χ3n) is 4.99. The van der Waals surface area contributed by atoms with E-state index in [0.717, 1.165) is 17.9 Å². The highest BCUT2D eigenvalue weighted by Crippen LogP contribution is 2.38. The lowest BCUT2D eigenvalue weighted by Crippen LogP contribution is -2.40. The number of halogens is 1. The van der Waals surface area contributed by atoms with Crippen LogP contribution in [0.3, 0.4) is 0 Å². The second-order valence-electron chi connectivity index (χ2n) is 7.10. The van der Waals surface area contributed by atoms with Gasteiger partial charge in [-0.3, -0.25) is 4.79 Å². The molecule has 0 aliphatic heterocycles. The van der Waals surface area contributed by atoms with Gasteiger partial charge in [0.2, 0.25) is 5.91 Å². The molecule has 3 atom stereocenters. The predicted octanol–water partition coefficient (Wildman–Crippen LogP) is 4.71. The Morgan fingerprint density at radius 1 is 1.27 bits per heavy atom. The van der Waals surface area contributed by atoms with Crippen molar-refractivity contribution in [1.82, 2.24) is 5.32 Å². The molecule has 1 aliphatic carbocycles. The Kier molecular flexibility index (Phi) is 6.31. The van der Waals surface area contributed by atoms with Gasteiger partial charge in [-0.05, 0) is 54.7 Å². The van der Waals surface area contributed by atoms with Crippen LogP contribution in [-0.4, -0.2) is 12.5 Å². The molecule has 3 heteroatoms. The molecule has 2 rings (SSSR count). The fourth-order valence-corrected chi connectivity index (χ4v) is 3.74. The van der Waals surface area contributed by atoms with Gasteiger partial charge in [-0.2, -0.15) is 0 Å². The van der Waals surface area contributed by atoms with Gasteiger partial charge in [0.25, 0.3) is 0 Å². The summed E-state index contributed by atoms with van der Waals surface area (Å²) in [6, 6.07) is 7.84. The second kappa shape index (κ2) is 8.01. The van der Waals surface area contributed by atoms with E-state index in [4.69, 9.17) is 11.6 Å². The molecule has 1 N–H and O–H groups in total. The first-order chi connectivity index (χ1) is 10.5. The maximum Gasteiger partial charge on any atom is 0.223 e. The maximum atomic E-state index is 12.6. The van der Waals surface area contributed by atoms with Crippen LogP contribution in [0.5, 0.6) is 0 Å². The summed E-state index contributed by atoms with van der Waals surface area (Å²) in [5.41, 5.74) is 1.21. The molecule has 1 aliphatic rings. The fourth-order valence-electron chi connectivity index (χ4n) is 3.62. The molecule has 0 radical (unpaired) electrons. The monoisotopic (exact) mass is 321 g/mol. The molecule has 0 unspecified atom stereocenters. The number of hydrogen-bond acceptors (Lipinski definition) is 1. The zero-order chi connectivity index (χ0) is 16.1. The van der Waals surface area contributed by atoms with E-state index in [1.54, 1.807) is 0 Å². The van der Waals surface area contributed by atoms with Crippen LogP contribution in [-0.2, 0) is 11.2 Å². The number of nitrogens with one attached hydrogen (secondary N) is 1. The molecule has 2 nitrogen and oxygen atoms in total. The highest BCUT2D eigenvalue weighted by atomic mass is 35.5. The minimum absolute atomic E-state index is 0.189. The minimum atomic E-state index is 0.189. The number of rotatable bonds is 5. The quantitative estimate of drug-likeness (QED) is 0.836. The van der Waals surface area contributed by atoms with Gasteiger partial charge in [-0.25, -0.2) is 0 Å². The molecule has 0 spiro atoms. The number of hydrogen-bond donors (Lipinski definition) is 1. The normalized spacial score (nSPS) is 25.2. The molecule has 0 bridgehead atoms. The lowest BCUT2D eigenvalue weighted by atomic mass is 9.70. The highest BCUT2D eigenvalue weighted by Gasteiger charge is 2.35. The molecule has 0 saturated heterocycles. The first-order valence-electron chi connectivity index (χ1n) is 8.49. The van der Waals surface area contributed by atoms with E-state index in [9.17, 15) is 4.79 Å². The molecule has 1 aromatic carbocycles. The number of benzene rings is 1. The van der Waals surface area contributed by atoms with E-state index < -0.39 is 0 Å². The van der Waals surface area contributed by atoms with Crippen molar-refractivity contribution < 1.29 is 4.79 Å². The van der Waals surface area contributed by atoms with Crippen molar-refractivity contribution in [1.29, 1.82) is 0 Å². The molecule has 22 heavy (non-hydrogen) atoms. The van der Waals surface area contributed by atoms with E-state index in [1.807, 2.05) is 24.3 Å². The van der Waals surface area contributed by atoms with E-state index in [1.165, 1.54) is 18.4 Å². The van der Waals surface area contributed by atoms with Gasteiger partial charge in [0.1, 0.15) is 0 Å². The van der Waals surface area contributed by atoms with Gasteiger partial charge >= 0.3 is 0 Å². The van der Waals surface area contributed by atoms with Crippen molar-refractivity contribution in [3.05, 3.63) is 34.9 Å². The van der Waals surface area contributed by atoms with E-state index in [0.29, 0.717) is 24.3 Å². The fraction of sp³-hybridized carbons (Fsp3) is 0.632. The van der Waals surface area contributed by atoms with Gasteiger partial charge in [-0.15, -0.1) is 0 Å². The van der Waals surface area contributed by atoms with Crippen molar-refractivity contribution in [2.45, 2.75) is 46.5 Å². The molecular weight excluding hydrogens is 294 g/mol. The van der Waals surface area contributed by atoms with Crippen molar-refractivity contribution in [3.63, 3.8) is 0 Å². The summed E-state index contributed by atoms with van der Waals surface area (Å²) in [5.74, 6) is 2.22. The largest absolute Gasteiger partial charge is 0.356 e. The molecule has 0 heterocycles. The predicted molar refractivity (Wildman–Crippen MR) is 93.0 cm³/mol. The lowest BCUT2D eigenvalue weighted by molar-refractivity contribution is -0.129. The van der Waals surface area contributed by atoms with Gasteiger partial charge in [-0.1, -0.05) is 50.9 Å². The molecule has 1 fully saturated rings. The van der Waals surface area contributed by atoms with E-state index >= 15 is 0 Å². The standard InChI is InChI=1S/C19H28ClNO/c1-13(2)17-9-4-14(3)12-18(17)19(22)21-11-10-15-5-7-16(20)8-6-15/h5-8,13-14,17-18H,4,9-12H2,1-3H3,(H,21,22)/t14-,17+,18-/m1/s1. The summed E-state index contributed by atoms with van der Waals surface area (Å²) in [7, 11) is 0. The van der Waals surface area contributed by atoms with Crippen molar-refractivity contribution in [2.24, 2.45) is 23.7 Å². The van der Waals surface area contributed by atoms with Crippen LogP contribution >= 0.6 is 11.6 Å². The van der Waals surface area contributed by atoms with Crippen molar-refractivity contribution in [3.8, 4) is 0 Å². The van der Waals surface area contributed by atoms with E-state index in [-0.39, 0.29) is 11.8 Å². The Morgan fingerprint density at radius 3 is 2.59 bits per heavy atom. The van der Waals surface area contributed by atoms with Crippen LogP contribution in [0.4, 0.5) is 0 Å². The summed E-state index contributed by atoms with van der Waals surface area (Å²) < 4.78 is 0. The minimum Gasteiger partial charge on any atom is -0.356 e. The summed E-state index contributed by atoms with van der Waals surface area (Å²) in [5, 5.41) is 3.90. The molecule has 122 valence electrons. The van der Waals surface area contributed by atoms with Crippen LogP contribution in [0.1, 0.15) is 45.6 Å². The molecular formula is C19H28ClNO. The average Bonchev–Trinajstić information content (AvgIpc) is 2.48. The van der Waals surface area contributed by atoms with Gasteiger partial charge in [0.15, 0.2) is 0 Å². The van der Waals surface area contributed by atoms with Crippen LogP contribution in [0.25, 0.3) is 0 Å². The summed E-state index contributed by atoms with van der Waals surface area (Å²) in [4.78, 5) is 12.6.